The van der Waals surface area contributed by atoms with Crippen LogP contribution >= 0.6 is 0 Å². The van der Waals surface area contributed by atoms with Crippen molar-refractivity contribution in [2.45, 2.75) is 6.92 Å². The Kier molecular flexibility index (Phi) is 5.20. The summed E-state index contributed by atoms with van der Waals surface area (Å²) in [5, 5.41) is 10.5. The first-order valence-corrected chi connectivity index (χ1v) is 9.17. The molecule has 0 aliphatic carbocycles. The zero-order valence-corrected chi connectivity index (χ0v) is 15.3. The van der Waals surface area contributed by atoms with Crippen molar-refractivity contribution in [1.82, 2.24) is 15.2 Å². The molecule has 0 radical (unpaired) electrons. The molecule has 0 spiro atoms. The van der Waals surface area contributed by atoms with Crippen LogP contribution in [0.25, 0.3) is 11.4 Å². The zero-order valence-electron chi connectivity index (χ0n) is 15.3. The molecule has 3 aromatic rings. The minimum atomic E-state index is 0.533. The van der Waals surface area contributed by atoms with Gasteiger partial charge in [-0.05, 0) is 43.3 Å². The van der Waals surface area contributed by atoms with E-state index in [4.69, 9.17) is 9.47 Å². The van der Waals surface area contributed by atoms with E-state index in [0.717, 1.165) is 43.3 Å². The first-order chi connectivity index (χ1) is 13.3. The number of aromatic amines is 1. The second-order valence-corrected chi connectivity index (χ2v) is 6.24. The van der Waals surface area contributed by atoms with Gasteiger partial charge in [0.2, 0.25) is 5.95 Å². The highest BCUT2D eigenvalue weighted by molar-refractivity contribution is 5.62. The summed E-state index contributed by atoms with van der Waals surface area (Å²) >= 11 is 0. The molecule has 0 bridgehead atoms. The van der Waals surface area contributed by atoms with E-state index in [1.165, 1.54) is 5.69 Å². The van der Waals surface area contributed by atoms with Gasteiger partial charge in [0.1, 0.15) is 5.75 Å². The van der Waals surface area contributed by atoms with Gasteiger partial charge in [0.05, 0.1) is 19.8 Å². The van der Waals surface area contributed by atoms with Gasteiger partial charge in [-0.3, -0.25) is 5.10 Å². The molecular formula is C20H23N5O2. The fourth-order valence-corrected chi connectivity index (χ4v) is 3.05. The number of H-pyrrole nitrogens is 1. The summed E-state index contributed by atoms with van der Waals surface area (Å²) in [6.07, 6.45) is 0. The lowest BCUT2D eigenvalue weighted by atomic mass is 10.2. The third-order valence-electron chi connectivity index (χ3n) is 4.40. The van der Waals surface area contributed by atoms with E-state index in [2.05, 4.69) is 37.5 Å². The van der Waals surface area contributed by atoms with Crippen LogP contribution in [0.5, 0.6) is 5.75 Å². The van der Waals surface area contributed by atoms with E-state index in [1.807, 2.05) is 43.3 Å². The molecule has 27 heavy (non-hydrogen) atoms. The van der Waals surface area contributed by atoms with Gasteiger partial charge in [0.15, 0.2) is 5.82 Å². The molecule has 2 aromatic carbocycles. The molecule has 7 nitrogen and oxygen atoms in total. The predicted molar refractivity (Wildman–Crippen MR) is 106 cm³/mol. The summed E-state index contributed by atoms with van der Waals surface area (Å²) in [5.74, 6) is 2.05. The predicted octanol–water partition coefficient (Wildman–Crippen LogP) is 3.45. The molecule has 0 unspecified atom stereocenters. The van der Waals surface area contributed by atoms with Crippen LogP contribution in [-0.4, -0.2) is 48.1 Å². The summed E-state index contributed by atoms with van der Waals surface area (Å²) in [7, 11) is 0. The quantitative estimate of drug-likeness (QED) is 0.697. The topological polar surface area (TPSA) is 75.3 Å². The maximum absolute atomic E-state index is 5.54. The van der Waals surface area contributed by atoms with Crippen molar-refractivity contribution in [1.29, 1.82) is 0 Å². The van der Waals surface area contributed by atoms with Gasteiger partial charge in [0.25, 0.3) is 0 Å². The van der Waals surface area contributed by atoms with Crippen molar-refractivity contribution in [2.75, 3.05) is 43.1 Å². The van der Waals surface area contributed by atoms with Gasteiger partial charge in [0, 0.05) is 30.0 Å². The molecular weight excluding hydrogens is 342 g/mol. The number of ether oxygens (including phenoxy) is 2. The van der Waals surface area contributed by atoms with Gasteiger partial charge in [-0.15, -0.1) is 5.10 Å². The number of morpholine rings is 1. The Hall–Kier alpha value is -3.06. The summed E-state index contributed by atoms with van der Waals surface area (Å²) in [6.45, 7) is 6.02. The van der Waals surface area contributed by atoms with Crippen LogP contribution < -0.4 is 15.0 Å². The Morgan fingerprint density at radius 3 is 2.74 bits per heavy atom. The van der Waals surface area contributed by atoms with Crippen LogP contribution in [0.1, 0.15) is 6.92 Å². The minimum absolute atomic E-state index is 0.533. The number of benzene rings is 2. The summed E-state index contributed by atoms with van der Waals surface area (Å²) in [4.78, 5) is 6.85. The number of rotatable bonds is 6. The molecule has 0 atom stereocenters. The Bertz CT molecular complexity index is 872. The first kappa shape index (κ1) is 17.4. The van der Waals surface area contributed by atoms with E-state index in [-0.39, 0.29) is 0 Å². The highest BCUT2D eigenvalue weighted by atomic mass is 16.5. The normalized spacial score (nSPS) is 14.2. The number of hydrogen-bond acceptors (Lipinski definition) is 6. The molecule has 1 aromatic heterocycles. The number of anilines is 3. The molecule has 1 aliphatic heterocycles. The van der Waals surface area contributed by atoms with E-state index < -0.39 is 0 Å². The van der Waals surface area contributed by atoms with Crippen LogP contribution in [0, 0.1) is 0 Å². The van der Waals surface area contributed by atoms with Crippen LogP contribution in [0.4, 0.5) is 17.3 Å². The molecule has 1 aliphatic rings. The maximum atomic E-state index is 5.54. The summed E-state index contributed by atoms with van der Waals surface area (Å²) in [6, 6.07) is 16.1. The lowest BCUT2D eigenvalue weighted by Gasteiger charge is -2.28. The fraction of sp³-hybridized carbons (Fsp3) is 0.300. The van der Waals surface area contributed by atoms with Crippen LogP contribution in [0.15, 0.2) is 48.5 Å². The highest BCUT2D eigenvalue weighted by Gasteiger charge is 2.11. The van der Waals surface area contributed by atoms with Crippen molar-refractivity contribution < 1.29 is 9.47 Å². The summed E-state index contributed by atoms with van der Waals surface area (Å²) < 4.78 is 10.9. The molecule has 1 fully saturated rings. The van der Waals surface area contributed by atoms with Crippen molar-refractivity contribution in [2.24, 2.45) is 0 Å². The van der Waals surface area contributed by atoms with Crippen LogP contribution in [0.2, 0.25) is 0 Å². The third kappa shape index (κ3) is 4.20. The first-order valence-electron chi connectivity index (χ1n) is 9.17. The number of hydrogen-bond donors (Lipinski definition) is 2. The van der Waals surface area contributed by atoms with Gasteiger partial charge < -0.3 is 19.7 Å². The molecule has 2 N–H and O–H groups in total. The standard InChI is InChI=1S/C20H23N5O2/c1-2-27-18-5-3-4-15(14-18)19-22-20(24-23-19)21-16-6-8-17(9-7-16)25-10-12-26-13-11-25/h3-9,14H,2,10-13H2,1H3,(H2,21,22,23,24). The molecule has 0 saturated carbocycles. The fourth-order valence-electron chi connectivity index (χ4n) is 3.05. The maximum Gasteiger partial charge on any atom is 0.246 e. The SMILES string of the molecule is CCOc1cccc(-c2nc(Nc3ccc(N4CCOCC4)cc3)n[nH]2)c1. The average molecular weight is 365 g/mol. The molecule has 0 amide bonds. The number of nitrogens with zero attached hydrogens (tertiary/aromatic N) is 3. The van der Waals surface area contributed by atoms with E-state index >= 15 is 0 Å². The second-order valence-electron chi connectivity index (χ2n) is 6.24. The van der Waals surface area contributed by atoms with Gasteiger partial charge >= 0.3 is 0 Å². The van der Waals surface area contributed by atoms with Gasteiger partial charge in [-0.2, -0.15) is 4.98 Å². The van der Waals surface area contributed by atoms with Gasteiger partial charge in [-0.1, -0.05) is 12.1 Å². The van der Waals surface area contributed by atoms with E-state index in [1.54, 1.807) is 0 Å². The lowest BCUT2D eigenvalue weighted by Crippen LogP contribution is -2.36. The highest BCUT2D eigenvalue weighted by Crippen LogP contribution is 2.24. The number of nitrogens with one attached hydrogen (secondary N) is 2. The minimum Gasteiger partial charge on any atom is -0.494 e. The second kappa shape index (κ2) is 8.09. The molecule has 140 valence electrons. The van der Waals surface area contributed by atoms with Crippen molar-refractivity contribution in [3.8, 4) is 17.1 Å². The van der Waals surface area contributed by atoms with Crippen molar-refractivity contribution in [3.63, 3.8) is 0 Å². The van der Waals surface area contributed by atoms with E-state index in [9.17, 15) is 0 Å². The Morgan fingerprint density at radius 1 is 1.15 bits per heavy atom. The van der Waals surface area contributed by atoms with Crippen LogP contribution in [0.3, 0.4) is 0 Å². The molecule has 7 heteroatoms. The Balaban J connectivity index is 1.44. The van der Waals surface area contributed by atoms with Crippen LogP contribution in [-0.2, 0) is 4.74 Å². The van der Waals surface area contributed by atoms with Crippen molar-refractivity contribution >= 4 is 17.3 Å². The largest absolute Gasteiger partial charge is 0.494 e. The third-order valence-corrected chi connectivity index (χ3v) is 4.40. The molecule has 1 saturated heterocycles. The Morgan fingerprint density at radius 2 is 1.96 bits per heavy atom. The molecule has 4 rings (SSSR count). The number of aromatic nitrogens is 3. The Labute approximate surface area is 158 Å². The molecule has 2 heterocycles. The van der Waals surface area contributed by atoms with Crippen molar-refractivity contribution in [3.05, 3.63) is 48.5 Å². The monoisotopic (exact) mass is 365 g/mol. The van der Waals surface area contributed by atoms with Gasteiger partial charge in [-0.25, -0.2) is 0 Å². The smallest absolute Gasteiger partial charge is 0.246 e. The lowest BCUT2D eigenvalue weighted by molar-refractivity contribution is 0.122. The van der Waals surface area contributed by atoms with E-state index in [0.29, 0.717) is 18.4 Å². The average Bonchev–Trinajstić information content (AvgIpc) is 3.18. The zero-order chi connectivity index (χ0) is 18.5. The summed E-state index contributed by atoms with van der Waals surface area (Å²) in [5.41, 5.74) is 3.08.